The maximum absolute atomic E-state index is 12.8. The molecule has 2 saturated heterocycles. The maximum Gasteiger partial charge on any atom is 0.241 e. The van der Waals surface area contributed by atoms with Crippen molar-refractivity contribution in [1.82, 2.24) is 0 Å². The Kier molecular flexibility index (Phi) is 2.89. The molecule has 4 rings (SSSR count). The first-order valence-corrected chi connectivity index (χ1v) is 7.90. The van der Waals surface area contributed by atoms with Crippen LogP contribution >= 0.6 is 15.9 Å². The largest absolute Gasteiger partial charge is 0.393 e. The van der Waals surface area contributed by atoms with E-state index in [9.17, 15) is 14.7 Å². The number of benzene rings is 1. The molecule has 2 bridgehead atoms. The molecule has 0 spiro atoms. The zero-order chi connectivity index (χ0) is 15.6. The molecular formula is C16H14BrNO4. The fourth-order valence-corrected chi connectivity index (χ4v) is 4.03. The van der Waals surface area contributed by atoms with Gasteiger partial charge in [-0.2, -0.15) is 0 Å². The van der Waals surface area contributed by atoms with Crippen LogP contribution in [-0.2, 0) is 14.3 Å². The quantitative estimate of drug-likeness (QED) is 0.639. The topological polar surface area (TPSA) is 66.8 Å². The SMILES string of the molecule is Cc1ccc(N2C(=O)[C@@H]3[C@@H](C2=O)[C@@]2(CO)C=C[C@H]3O2)cc1Br. The van der Waals surface area contributed by atoms with Gasteiger partial charge in [-0.25, -0.2) is 4.90 Å². The summed E-state index contributed by atoms with van der Waals surface area (Å²) in [6.07, 6.45) is 3.07. The molecule has 0 radical (unpaired) electrons. The standard InChI is InChI=1S/C16H14BrNO4/c1-8-2-3-9(6-10(8)17)18-14(20)12-11-4-5-16(7-19,22-11)13(12)15(18)21/h2-6,11-13,19H,7H2,1H3/t11-,12+,13+,16+/m1/s1. The molecular weight excluding hydrogens is 350 g/mol. The van der Waals surface area contributed by atoms with Crippen molar-refractivity contribution >= 4 is 33.4 Å². The van der Waals surface area contributed by atoms with Crippen molar-refractivity contribution in [3.8, 4) is 0 Å². The third-order valence-corrected chi connectivity index (χ3v) is 5.67. The van der Waals surface area contributed by atoms with Crippen LogP contribution in [0.1, 0.15) is 5.56 Å². The number of aliphatic hydroxyl groups is 1. The number of halogens is 1. The van der Waals surface area contributed by atoms with Gasteiger partial charge in [0.05, 0.1) is 30.2 Å². The molecule has 3 aliphatic rings. The fourth-order valence-electron chi connectivity index (χ4n) is 3.66. The van der Waals surface area contributed by atoms with Gasteiger partial charge < -0.3 is 9.84 Å². The van der Waals surface area contributed by atoms with Gasteiger partial charge in [-0.05, 0) is 24.6 Å². The highest BCUT2D eigenvalue weighted by Crippen LogP contribution is 2.52. The number of hydrogen-bond donors (Lipinski definition) is 1. The Morgan fingerprint density at radius 2 is 2.14 bits per heavy atom. The predicted molar refractivity (Wildman–Crippen MR) is 82.2 cm³/mol. The molecule has 3 aliphatic heterocycles. The van der Waals surface area contributed by atoms with E-state index < -0.39 is 23.5 Å². The summed E-state index contributed by atoms with van der Waals surface area (Å²) in [4.78, 5) is 26.8. The predicted octanol–water partition coefficient (Wildman–Crippen LogP) is 1.56. The Balaban J connectivity index is 1.77. The van der Waals surface area contributed by atoms with Crippen LogP contribution in [0.5, 0.6) is 0 Å². The van der Waals surface area contributed by atoms with Gasteiger partial charge in [0.25, 0.3) is 0 Å². The number of imide groups is 1. The molecule has 6 heteroatoms. The number of amides is 2. The van der Waals surface area contributed by atoms with Gasteiger partial charge in [0.15, 0.2) is 0 Å². The summed E-state index contributed by atoms with van der Waals surface area (Å²) in [5.74, 6) is -1.73. The Hall–Kier alpha value is -1.50. The molecule has 1 N–H and O–H groups in total. The van der Waals surface area contributed by atoms with E-state index in [0.29, 0.717) is 5.69 Å². The molecule has 5 nitrogen and oxygen atoms in total. The van der Waals surface area contributed by atoms with Gasteiger partial charge in [0.2, 0.25) is 11.8 Å². The summed E-state index contributed by atoms with van der Waals surface area (Å²) in [6.45, 7) is 1.64. The smallest absolute Gasteiger partial charge is 0.241 e. The Morgan fingerprint density at radius 3 is 2.82 bits per heavy atom. The first kappa shape index (κ1) is 14.1. The normalized spacial score (nSPS) is 35.6. The highest BCUT2D eigenvalue weighted by molar-refractivity contribution is 9.10. The third kappa shape index (κ3) is 1.60. The van der Waals surface area contributed by atoms with Gasteiger partial charge in [0.1, 0.15) is 5.60 Å². The Labute approximate surface area is 135 Å². The Morgan fingerprint density at radius 1 is 1.36 bits per heavy atom. The molecule has 114 valence electrons. The lowest BCUT2D eigenvalue weighted by Gasteiger charge is -2.26. The van der Waals surface area contributed by atoms with Crippen LogP contribution in [0.3, 0.4) is 0 Å². The average Bonchev–Trinajstić information content (AvgIpc) is 3.14. The van der Waals surface area contributed by atoms with Crippen molar-refractivity contribution in [1.29, 1.82) is 0 Å². The monoisotopic (exact) mass is 363 g/mol. The number of aryl methyl sites for hydroxylation is 1. The molecule has 4 atom stereocenters. The van der Waals surface area contributed by atoms with Crippen LogP contribution in [-0.4, -0.2) is 35.2 Å². The number of hydrogen-bond acceptors (Lipinski definition) is 4. The number of carbonyl (C=O) groups is 2. The van der Waals surface area contributed by atoms with Crippen molar-refractivity contribution in [2.45, 2.75) is 18.6 Å². The summed E-state index contributed by atoms with van der Waals surface area (Å²) in [5, 5.41) is 9.67. The van der Waals surface area contributed by atoms with Crippen LogP contribution in [0.15, 0.2) is 34.8 Å². The molecule has 0 unspecified atom stereocenters. The van der Waals surface area contributed by atoms with E-state index in [1.807, 2.05) is 13.0 Å². The lowest BCUT2D eigenvalue weighted by molar-refractivity contribution is -0.128. The minimum atomic E-state index is -1.04. The molecule has 1 aromatic carbocycles. The van der Waals surface area contributed by atoms with Crippen LogP contribution < -0.4 is 4.90 Å². The molecule has 0 aliphatic carbocycles. The average molecular weight is 364 g/mol. The highest BCUT2D eigenvalue weighted by Gasteiger charge is 2.67. The van der Waals surface area contributed by atoms with E-state index in [4.69, 9.17) is 4.74 Å². The molecule has 3 heterocycles. The first-order valence-electron chi connectivity index (χ1n) is 7.10. The lowest BCUT2D eigenvalue weighted by Crippen LogP contribution is -2.43. The lowest BCUT2D eigenvalue weighted by atomic mass is 9.77. The van der Waals surface area contributed by atoms with Crippen LogP contribution in [0.25, 0.3) is 0 Å². The van der Waals surface area contributed by atoms with E-state index in [0.717, 1.165) is 10.0 Å². The number of carbonyl (C=O) groups excluding carboxylic acids is 2. The summed E-state index contributed by atoms with van der Waals surface area (Å²) in [5.41, 5.74) is 0.535. The number of nitrogens with zero attached hydrogens (tertiary/aromatic N) is 1. The third-order valence-electron chi connectivity index (χ3n) is 4.82. The van der Waals surface area contributed by atoms with E-state index in [1.54, 1.807) is 24.3 Å². The summed E-state index contributed by atoms with van der Waals surface area (Å²) in [6, 6.07) is 5.39. The molecule has 2 fully saturated rings. The minimum absolute atomic E-state index is 0.254. The van der Waals surface area contributed by atoms with Crippen molar-refractivity contribution in [2.24, 2.45) is 11.8 Å². The van der Waals surface area contributed by atoms with Crippen molar-refractivity contribution < 1.29 is 19.4 Å². The van der Waals surface area contributed by atoms with Crippen LogP contribution in [0, 0.1) is 18.8 Å². The van der Waals surface area contributed by atoms with Gasteiger partial charge in [-0.15, -0.1) is 0 Å². The molecule has 2 amide bonds. The van der Waals surface area contributed by atoms with E-state index in [1.165, 1.54) is 4.90 Å². The van der Waals surface area contributed by atoms with Gasteiger partial charge in [-0.3, -0.25) is 9.59 Å². The number of anilines is 1. The van der Waals surface area contributed by atoms with Gasteiger partial charge in [0, 0.05) is 4.47 Å². The van der Waals surface area contributed by atoms with Gasteiger partial charge in [-0.1, -0.05) is 34.1 Å². The summed E-state index contributed by atoms with van der Waals surface area (Å²) >= 11 is 3.43. The summed E-state index contributed by atoms with van der Waals surface area (Å²) < 4.78 is 6.55. The van der Waals surface area contributed by atoms with Gasteiger partial charge >= 0.3 is 0 Å². The molecule has 22 heavy (non-hydrogen) atoms. The number of rotatable bonds is 2. The molecule has 1 aromatic rings. The summed E-state index contributed by atoms with van der Waals surface area (Å²) in [7, 11) is 0. The van der Waals surface area contributed by atoms with Crippen LogP contribution in [0.4, 0.5) is 5.69 Å². The first-order chi connectivity index (χ1) is 10.5. The Bertz CT molecular complexity index is 731. The molecule has 0 aromatic heterocycles. The van der Waals surface area contributed by atoms with E-state index in [2.05, 4.69) is 15.9 Å². The van der Waals surface area contributed by atoms with Crippen molar-refractivity contribution in [2.75, 3.05) is 11.5 Å². The van der Waals surface area contributed by atoms with Crippen molar-refractivity contribution in [3.63, 3.8) is 0 Å². The van der Waals surface area contributed by atoms with Crippen LogP contribution in [0.2, 0.25) is 0 Å². The second kappa shape index (κ2) is 4.50. The number of aliphatic hydroxyl groups excluding tert-OH is 1. The second-order valence-corrected chi connectivity index (χ2v) is 6.86. The minimum Gasteiger partial charge on any atom is -0.393 e. The van der Waals surface area contributed by atoms with E-state index >= 15 is 0 Å². The highest BCUT2D eigenvalue weighted by atomic mass is 79.9. The van der Waals surface area contributed by atoms with Crippen molar-refractivity contribution in [3.05, 3.63) is 40.4 Å². The second-order valence-electron chi connectivity index (χ2n) is 6.00. The zero-order valence-electron chi connectivity index (χ0n) is 11.8. The fraction of sp³-hybridized carbons (Fsp3) is 0.375. The maximum atomic E-state index is 12.8. The van der Waals surface area contributed by atoms with E-state index in [-0.39, 0.29) is 18.4 Å². The number of fused-ring (bicyclic) bond motifs is 5. The number of ether oxygens (including phenoxy) is 1. The zero-order valence-corrected chi connectivity index (χ0v) is 13.4. The molecule has 0 saturated carbocycles.